The van der Waals surface area contributed by atoms with Crippen LogP contribution in [0.4, 0.5) is 0 Å². The monoisotopic (exact) mass is 360 g/mol. The largest absolute Gasteiger partial charge is 0.278 e. The van der Waals surface area contributed by atoms with Crippen LogP contribution in [0.5, 0.6) is 0 Å². The van der Waals surface area contributed by atoms with Gasteiger partial charge >= 0.3 is 0 Å². The van der Waals surface area contributed by atoms with Gasteiger partial charge < -0.3 is 0 Å². The molecule has 2 aromatic heterocycles. The van der Waals surface area contributed by atoms with E-state index in [4.69, 9.17) is 11.6 Å². The molecule has 0 saturated carbocycles. The summed E-state index contributed by atoms with van der Waals surface area (Å²) in [6, 6.07) is 9.62. The quantitative estimate of drug-likeness (QED) is 0.646. The molecule has 2 heterocycles. The first-order valence-corrected chi connectivity index (χ1v) is 7.56. The van der Waals surface area contributed by atoms with Gasteiger partial charge in [0.25, 0.3) is 0 Å². The number of halogens is 2. The summed E-state index contributed by atoms with van der Waals surface area (Å²) in [6.07, 6.45) is 1.78. The predicted octanol–water partition coefficient (Wildman–Crippen LogP) is 4.10. The average molecular weight is 362 g/mol. The number of nitrogens with zero attached hydrogens (tertiary/aromatic N) is 4. The van der Waals surface area contributed by atoms with Gasteiger partial charge in [-0.25, -0.2) is 9.97 Å². The molecular weight excluding hydrogens is 352 g/mol. The molecule has 1 aromatic carbocycles. The summed E-state index contributed by atoms with van der Waals surface area (Å²) in [5.74, 6) is 0.909. The molecule has 0 N–H and O–H groups in total. The van der Waals surface area contributed by atoms with Gasteiger partial charge in [0.1, 0.15) is 17.4 Å². The third-order valence-corrected chi connectivity index (χ3v) is 3.88. The molecule has 3 aromatic rings. The lowest BCUT2D eigenvalue weighted by atomic mass is 10.2. The summed E-state index contributed by atoms with van der Waals surface area (Å²) in [4.78, 5) is 8.97. The molecule has 0 bridgehead atoms. The van der Waals surface area contributed by atoms with Crippen LogP contribution in [0.25, 0.3) is 16.9 Å². The van der Waals surface area contributed by atoms with Crippen molar-refractivity contribution in [2.45, 2.75) is 12.8 Å². The minimum absolute atomic E-state index is 0.243. The van der Waals surface area contributed by atoms with Gasteiger partial charge in [-0.15, -0.1) is 11.6 Å². The molecule has 0 amide bonds. The normalized spacial score (nSPS) is 10.8. The zero-order valence-corrected chi connectivity index (χ0v) is 13.5. The fourth-order valence-electron chi connectivity index (χ4n) is 2.24. The number of aryl methyl sites for hydroxylation is 1. The summed E-state index contributed by atoms with van der Waals surface area (Å²) in [5, 5.41) is 9.34. The maximum absolute atomic E-state index is 9.34. The van der Waals surface area contributed by atoms with E-state index in [0.29, 0.717) is 17.0 Å². The molecule has 21 heavy (non-hydrogen) atoms. The number of rotatable bonds is 2. The topological polar surface area (TPSA) is 54.5 Å². The highest BCUT2D eigenvalue weighted by Crippen LogP contribution is 2.26. The fourth-order valence-corrected chi connectivity index (χ4v) is 2.77. The first-order valence-electron chi connectivity index (χ1n) is 6.24. The Labute approximate surface area is 135 Å². The Balaban J connectivity index is 2.39. The Hall–Kier alpha value is -1.90. The standard InChI is InChI=1S/C15H10BrClN4/c1-9-4-12-15(19-8-9)21(14(6-17)20-12)13-5-11(16)3-2-10(13)7-18/h2-5,8H,6H2,1H3. The van der Waals surface area contributed by atoms with Crippen LogP contribution >= 0.6 is 27.5 Å². The van der Waals surface area contributed by atoms with E-state index in [2.05, 4.69) is 32.0 Å². The van der Waals surface area contributed by atoms with Crippen molar-refractivity contribution in [3.63, 3.8) is 0 Å². The fraction of sp³-hybridized carbons (Fsp3) is 0.133. The van der Waals surface area contributed by atoms with Crippen molar-refractivity contribution < 1.29 is 0 Å². The second-order valence-electron chi connectivity index (χ2n) is 4.63. The molecule has 4 nitrogen and oxygen atoms in total. The van der Waals surface area contributed by atoms with E-state index >= 15 is 0 Å². The molecule has 0 aliphatic heterocycles. The Morgan fingerprint density at radius 3 is 2.90 bits per heavy atom. The van der Waals surface area contributed by atoms with Gasteiger partial charge in [0, 0.05) is 10.7 Å². The zero-order valence-electron chi connectivity index (χ0n) is 11.1. The Bertz CT molecular complexity index is 879. The van der Waals surface area contributed by atoms with E-state index in [0.717, 1.165) is 21.2 Å². The first kappa shape index (κ1) is 14.1. The number of fused-ring (bicyclic) bond motifs is 1. The lowest BCUT2D eigenvalue weighted by Gasteiger charge is -2.09. The van der Waals surface area contributed by atoms with Crippen molar-refractivity contribution in [3.05, 3.63) is 51.9 Å². The molecule has 0 saturated heterocycles. The molecule has 0 radical (unpaired) electrons. The van der Waals surface area contributed by atoms with Crippen LogP contribution in [0.2, 0.25) is 0 Å². The molecule has 0 spiro atoms. The SMILES string of the molecule is Cc1cnc2c(c1)nc(CCl)n2-c1cc(Br)ccc1C#N. The van der Waals surface area contributed by atoms with Crippen LogP contribution in [0.15, 0.2) is 34.9 Å². The molecule has 104 valence electrons. The average Bonchev–Trinajstić information content (AvgIpc) is 2.84. The number of nitriles is 1. The van der Waals surface area contributed by atoms with Gasteiger partial charge in [0.15, 0.2) is 5.65 Å². The summed E-state index contributed by atoms with van der Waals surface area (Å²) in [5.41, 5.74) is 3.77. The van der Waals surface area contributed by atoms with Crippen molar-refractivity contribution in [1.82, 2.24) is 14.5 Å². The van der Waals surface area contributed by atoms with Crippen LogP contribution in [-0.4, -0.2) is 14.5 Å². The van der Waals surface area contributed by atoms with Crippen molar-refractivity contribution in [2.75, 3.05) is 0 Å². The van der Waals surface area contributed by atoms with Crippen molar-refractivity contribution >= 4 is 38.7 Å². The first-order chi connectivity index (χ1) is 10.1. The smallest absolute Gasteiger partial charge is 0.164 e. The maximum atomic E-state index is 9.34. The number of hydrogen-bond acceptors (Lipinski definition) is 3. The third kappa shape index (κ3) is 2.41. The molecule has 6 heteroatoms. The second kappa shape index (κ2) is 5.47. The van der Waals surface area contributed by atoms with Crippen LogP contribution in [0.3, 0.4) is 0 Å². The highest BCUT2D eigenvalue weighted by Gasteiger charge is 2.16. The summed E-state index contributed by atoms with van der Waals surface area (Å²) >= 11 is 9.46. The maximum Gasteiger partial charge on any atom is 0.164 e. The minimum atomic E-state index is 0.243. The molecular formula is C15H10BrClN4. The second-order valence-corrected chi connectivity index (χ2v) is 5.81. The highest BCUT2D eigenvalue weighted by molar-refractivity contribution is 9.10. The van der Waals surface area contributed by atoms with Crippen LogP contribution in [0, 0.1) is 18.3 Å². The Kier molecular flexibility index (Phi) is 3.66. The van der Waals surface area contributed by atoms with Crippen molar-refractivity contribution in [3.8, 4) is 11.8 Å². The van der Waals surface area contributed by atoms with Crippen LogP contribution in [-0.2, 0) is 5.88 Å². The van der Waals surface area contributed by atoms with E-state index in [9.17, 15) is 5.26 Å². The number of alkyl halides is 1. The van der Waals surface area contributed by atoms with E-state index in [-0.39, 0.29) is 5.88 Å². The van der Waals surface area contributed by atoms with Gasteiger partial charge in [-0.1, -0.05) is 15.9 Å². The molecule has 0 fully saturated rings. The Morgan fingerprint density at radius 2 is 2.19 bits per heavy atom. The number of hydrogen-bond donors (Lipinski definition) is 0. The molecule has 0 aliphatic rings. The van der Waals surface area contributed by atoms with Gasteiger partial charge in [-0.05, 0) is 36.8 Å². The van der Waals surface area contributed by atoms with Gasteiger partial charge in [0.2, 0.25) is 0 Å². The predicted molar refractivity (Wildman–Crippen MR) is 85.6 cm³/mol. The van der Waals surface area contributed by atoms with E-state index in [1.54, 1.807) is 12.3 Å². The van der Waals surface area contributed by atoms with Crippen LogP contribution in [0.1, 0.15) is 17.0 Å². The summed E-state index contributed by atoms with van der Waals surface area (Å²) in [7, 11) is 0. The molecule has 0 unspecified atom stereocenters. The Morgan fingerprint density at radius 1 is 1.38 bits per heavy atom. The van der Waals surface area contributed by atoms with Crippen molar-refractivity contribution in [1.29, 1.82) is 5.26 Å². The summed E-state index contributed by atoms with van der Waals surface area (Å²) in [6.45, 7) is 1.96. The van der Waals surface area contributed by atoms with E-state index in [1.165, 1.54) is 0 Å². The van der Waals surface area contributed by atoms with Gasteiger partial charge in [-0.2, -0.15) is 5.26 Å². The molecule has 3 rings (SSSR count). The minimum Gasteiger partial charge on any atom is -0.278 e. The molecule has 0 atom stereocenters. The van der Waals surface area contributed by atoms with Gasteiger partial charge in [0.05, 0.1) is 17.1 Å². The highest BCUT2D eigenvalue weighted by atomic mass is 79.9. The lowest BCUT2D eigenvalue weighted by Crippen LogP contribution is -2.03. The third-order valence-electron chi connectivity index (χ3n) is 3.14. The van der Waals surface area contributed by atoms with E-state index in [1.807, 2.05) is 29.7 Å². The summed E-state index contributed by atoms with van der Waals surface area (Å²) < 4.78 is 2.72. The van der Waals surface area contributed by atoms with E-state index < -0.39 is 0 Å². The van der Waals surface area contributed by atoms with Crippen LogP contribution < -0.4 is 0 Å². The number of pyridine rings is 1. The number of imidazole rings is 1. The lowest BCUT2D eigenvalue weighted by molar-refractivity contribution is 0.965. The zero-order chi connectivity index (χ0) is 15.0. The number of benzene rings is 1. The molecule has 0 aliphatic carbocycles. The number of aromatic nitrogens is 3. The van der Waals surface area contributed by atoms with Crippen molar-refractivity contribution in [2.24, 2.45) is 0 Å². The van der Waals surface area contributed by atoms with Gasteiger partial charge in [-0.3, -0.25) is 4.57 Å².